The second-order valence-electron chi connectivity index (χ2n) is 8.01. The maximum absolute atomic E-state index is 13.3. The van der Waals surface area contributed by atoms with Gasteiger partial charge in [0.25, 0.3) is 0 Å². The predicted molar refractivity (Wildman–Crippen MR) is 126 cm³/mol. The Hall–Kier alpha value is -3.52. The number of carbonyl (C=O) groups is 2. The summed E-state index contributed by atoms with van der Waals surface area (Å²) in [7, 11) is 3.20. The van der Waals surface area contributed by atoms with Crippen molar-refractivity contribution < 1.29 is 23.8 Å². The van der Waals surface area contributed by atoms with E-state index in [0.717, 1.165) is 21.6 Å². The third-order valence-corrected chi connectivity index (χ3v) is 6.99. The van der Waals surface area contributed by atoms with E-state index in [2.05, 4.69) is 17.4 Å². The molecule has 1 atom stereocenters. The van der Waals surface area contributed by atoms with Gasteiger partial charge in [0.2, 0.25) is 11.8 Å². The Labute approximate surface area is 195 Å². The number of fused-ring (bicyclic) bond motifs is 2. The highest BCUT2D eigenvalue weighted by Crippen LogP contribution is 2.40. The molecule has 2 aliphatic rings. The number of thiophene rings is 1. The first-order chi connectivity index (χ1) is 16.1. The summed E-state index contributed by atoms with van der Waals surface area (Å²) in [5.41, 5.74) is 3.44. The zero-order chi connectivity index (χ0) is 22.9. The molecule has 3 aromatic rings. The van der Waals surface area contributed by atoms with Crippen LogP contribution in [-0.2, 0) is 16.1 Å². The highest BCUT2D eigenvalue weighted by molar-refractivity contribution is 7.13. The minimum Gasteiger partial charge on any atom is -0.497 e. The first kappa shape index (κ1) is 21.3. The van der Waals surface area contributed by atoms with Gasteiger partial charge in [-0.25, -0.2) is 0 Å². The molecule has 33 heavy (non-hydrogen) atoms. The van der Waals surface area contributed by atoms with Crippen LogP contribution in [0.15, 0.2) is 47.8 Å². The SMILES string of the molecule is COc1ccc2c(c1)NC(=O)C2CC(=O)N1CCOc2c(cc(-c3cccs3)cc2OC)C1. The fraction of sp³-hybridized carbons (Fsp3) is 0.280. The van der Waals surface area contributed by atoms with Crippen LogP contribution in [0.1, 0.15) is 23.5 Å². The molecule has 1 unspecified atom stereocenters. The van der Waals surface area contributed by atoms with Crippen molar-refractivity contribution in [2.24, 2.45) is 0 Å². The van der Waals surface area contributed by atoms with Gasteiger partial charge in [0.1, 0.15) is 12.4 Å². The fourth-order valence-electron chi connectivity index (χ4n) is 4.38. The molecule has 0 radical (unpaired) electrons. The summed E-state index contributed by atoms with van der Waals surface area (Å²) in [5, 5.41) is 4.89. The largest absolute Gasteiger partial charge is 0.497 e. The summed E-state index contributed by atoms with van der Waals surface area (Å²) in [4.78, 5) is 28.8. The number of carbonyl (C=O) groups excluding carboxylic acids is 2. The molecule has 5 rings (SSSR count). The van der Waals surface area contributed by atoms with Crippen LogP contribution in [0.3, 0.4) is 0 Å². The van der Waals surface area contributed by atoms with E-state index in [1.807, 2.05) is 29.6 Å². The van der Waals surface area contributed by atoms with Crippen LogP contribution in [0.25, 0.3) is 10.4 Å². The molecule has 8 heteroatoms. The summed E-state index contributed by atoms with van der Waals surface area (Å²) in [6.07, 6.45) is 0.0995. The van der Waals surface area contributed by atoms with Gasteiger partial charge in [0.15, 0.2) is 11.5 Å². The van der Waals surface area contributed by atoms with E-state index in [9.17, 15) is 9.59 Å². The van der Waals surface area contributed by atoms with Crippen LogP contribution in [-0.4, -0.2) is 44.1 Å². The summed E-state index contributed by atoms with van der Waals surface area (Å²) < 4.78 is 16.8. The van der Waals surface area contributed by atoms with E-state index in [4.69, 9.17) is 14.2 Å². The van der Waals surface area contributed by atoms with Crippen LogP contribution in [0.2, 0.25) is 0 Å². The molecule has 2 aromatic carbocycles. The third kappa shape index (κ3) is 4.02. The molecule has 0 spiro atoms. The Morgan fingerprint density at radius 2 is 2.09 bits per heavy atom. The van der Waals surface area contributed by atoms with Gasteiger partial charge >= 0.3 is 0 Å². The van der Waals surface area contributed by atoms with E-state index in [0.29, 0.717) is 42.6 Å². The Morgan fingerprint density at radius 3 is 2.85 bits per heavy atom. The van der Waals surface area contributed by atoms with E-state index in [-0.39, 0.29) is 18.2 Å². The Kier molecular flexibility index (Phi) is 5.68. The number of benzene rings is 2. The lowest BCUT2D eigenvalue weighted by Gasteiger charge is -2.21. The molecule has 7 nitrogen and oxygen atoms in total. The number of nitrogens with zero attached hydrogens (tertiary/aromatic N) is 1. The lowest BCUT2D eigenvalue weighted by Crippen LogP contribution is -2.34. The van der Waals surface area contributed by atoms with E-state index in [1.54, 1.807) is 36.5 Å². The Balaban J connectivity index is 1.39. The van der Waals surface area contributed by atoms with Crippen LogP contribution in [0.4, 0.5) is 5.69 Å². The topological polar surface area (TPSA) is 77.1 Å². The summed E-state index contributed by atoms with van der Waals surface area (Å²) >= 11 is 1.65. The van der Waals surface area contributed by atoms with Gasteiger partial charge in [-0.1, -0.05) is 12.1 Å². The van der Waals surface area contributed by atoms with Crippen molar-refractivity contribution in [3.63, 3.8) is 0 Å². The van der Waals surface area contributed by atoms with Crippen molar-refractivity contribution in [1.29, 1.82) is 0 Å². The maximum atomic E-state index is 13.3. The molecular formula is C25H24N2O5S. The fourth-order valence-corrected chi connectivity index (χ4v) is 5.09. The second-order valence-corrected chi connectivity index (χ2v) is 8.95. The molecule has 170 valence electrons. The average molecular weight is 465 g/mol. The number of hydrogen-bond acceptors (Lipinski definition) is 6. The number of methoxy groups -OCH3 is 2. The smallest absolute Gasteiger partial charge is 0.232 e. The van der Waals surface area contributed by atoms with Gasteiger partial charge in [-0.05, 0) is 40.8 Å². The number of ether oxygens (including phenoxy) is 3. The van der Waals surface area contributed by atoms with Gasteiger partial charge in [0, 0.05) is 35.2 Å². The molecule has 2 aliphatic heterocycles. The summed E-state index contributed by atoms with van der Waals surface area (Å²) in [5.74, 6) is 1.22. The first-order valence-corrected chi connectivity index (χ1v) is 11.6. The zero-order valence-electron chi connectivity index (χ0n) is 18.4. The molecule has 1 aromatic heterocycles. The molecule has 0 saturated carbocycles. The minimum absolute atomic E-state index is 0.0873. The lowest BCUT2D eigenvalue weighted by atomic mass is 9.96. The van der Waals surface area contributed by atoms with Gasteiger partial charge in [-0.15, -0.1) is 11.3 Å². The zero-order valence-corrected chi connectivity index (χ0v) is 19.2. The number of amides is 2. The van der Waals surface area contributed by atoms with Crippen LogP contribution < -0.4 is 19.5 Å². The van der Waals surface area contributed by atoms with Crippen molar-refractivity contribution in [2.75, 3.05) is 32.7 Å². The summed E-state index contributed by atoms with van der Waals surface area (Å²) in [6, 6.07) is 13.5. The Morgan fingerprint density at radius 1 is 1.21 bits per heavy atom. The average Bonchev–Trinajstić information content (AvgIpc) is 3.40. The number of anilines is 1. The van der Waals surface area contributed by atoms with Crippen molar-refractivity contribution in [3.8, 4) is 27.7 Å². The molecule has 0 aliphatic carbocycles. The minimum atomic E-state index is -0.519. The molecule has 0 bridgehead atoms. The molecular weight excluding hydrogens is 440 g/mol. The molecule has 1 N–H and O–H groups in total. The number of rotatable bonds is 5. The van der Waals surface area contributed by atoms with Gasteiger partial charge in [-0.3, -0.25) is 9.59 Å². The quantitative estimate of drug-likeness (QED) is 0.610. The highest BCUT2D eigenvalue weighted by Gasteiger charge is 2.34. The number of hydrogen-bond donors (Lipinski definition) is 1. The molecule has 2 amide bonds. The Bertz CT molecular complexity index is 1210. The van der Waals surface area contributed by atoms with Gasteiger partial charge in [-0.2, -0.15) is 0 Å². The normalized spacial score (nSPS) is 16.8. The second kappa shape index (κ2) is 8.78. The predicted octanol–water partition coefficient (Wildman–Crippen LogP) is 4.28. The number of nitrogens with one attached hydrogen (secondary N) is 1. The molecule has 0 fully saturated rings. The van der Waals surface area contributed by atoms with Gasteiger partial charge < -0.3 is 24.4 Å². The van der Waals surface area contributed by atoms with E-state index in [1.165, 1.54) is 0 Å². The van der Waals surface area contributed by atoms with Crippen molar-refractivity contribution in [2.45, 2.75) is 18.9 Å². The van der Waals surface area contributed by atoms with Crippen LogP contribution in [0.5, 0.6) is 17.2 Å². The first-order valence-electron chi connectivity index (χ1n) is 10.7. The van der Waals surface area contributed by atoms with E-state index >= 15 is 0 Å². The van der Waals surface area contributed by atoms with Crippen molar-refractivity contribution >= 4 is 28.8 Å². The standard InChI is InChI=1S/C25H24N2O5S/c1-30-17-5-6-18-19(25(29)26-20(18)12-17)13-23(28)27-7-8-32-24-16(14-27)10-15(11-21(24)31-2)22-4-3-9-33-22/h3-6,9-12,19H,7-8,13-14H2,1-2H3,(H,26,29). The maximum Gasteiger partial charge on any atom is 0.232 e. The monoisotopic (exact) mass is 464 g/mol. The lowest BCUT2D eigenvalue weighted by molar-refractivity contribution is -0.134. The highest BCUT2D eigenvalue weighted by atomic mass is 32.1. The van der Waals surface area contributed by atoms with Crippen LogP contribution >= 0.6 is 11.3 Å². The van der Waals surface area contributed by atoms with Gasteiger partial charge in [0.05, 0.1) is 26.7 Å². The van der Waals surface area contributed by atoms with Crippen molar-refractivity contribution in [1.82, 2.24) is 4.90 Å². The summed E-state index contributed by atoms with van der Waals surface area (Å²) in [6.45, 7) is 1.19. The molecule has 3 heterocycles. The third-order valence-electron chi connectivity index (χ3n) is 6.07. The van der Waals surface area contributed by atoms with Crippen LogP contribution in [0, 0.1) is 0 Å². The molecule has 0 saturated heterocycles. The van der Waals surface area contributed by atoms with E-state index < -0.39 is 5.92 Å². The van der Waals surface area contributed by atoms with Crippen molar-refractivity contribution in [3.05, 3.63) is 59.0 Å².